The second kappa shape index (κ2) is 8.11. The maximum atomic E-state index is 12.5. The summed E-state index contributed by atoms with van der Waals surface area (Å²) in [5, 5.41) is 0. The number of carbonyl (C=O) groups excluding carboxylic acids is 2. The molecule has 1 aliphatic rings. The lowest BCUT2D eigenvalue weighted by Crippen LogP contribution is -2.36. The lowest BCUT2D eigenvalue weighted by Gasteiger charge is -2.28. The number of hydrogen-bond acceptors (Lipinski definition) is 2. The van der Waals surface area contributed by atoms with Gasteiger partial charge in [-0.05, 0) is 29.5 Å². The maximum absolute atomic E-state index is 12.5. The van der Waals surface area contributed by atoms with E-state index in [0.29, 0.717) is 12.1 Å². The molecule has 0 unspecified atom stereocenters. The molecule has 1 heterocycles. The summed E-state index contributed by atoms with van der Waals surface area (Å²) < 4.78 is 0. The SMILES string of the molecule is CCCc1ccc(C(=O)CCC(=O)N2CCc3ccccc3C2)cc1. The molecule has 3 heteroatoms. The van der Waals surface area contributed by atoms with Gasteiger partial charge in [-0.25, -0.2) is 0 Å². The Bertz CT molecular complexity index is 749. The van der Waals surface area contributed by atoms with E-state index in [1.165, 1.54) is 16.7 Å². The number of rotatable bonds is 6. The fourth-order valence-corrected chi connectivity index (χ4v) is 3.38. The third-order valence-corrected chi connectivity index (χ3v) is 4.86. The van der Waals surface area contributed by atoms with Crippen LogP contribution in [0.3, 0.4) is 0 Å². The lowest BCUT2D eigenvalue weighted by molar-refractivity contribution is -0.132. The van der Waals surface area contributed by atoms with Crippen molar-refractivity contribution in [3.05, 3.63) is 70.8 Å². The lowest BCUT2D eigenvalue weighted by atomic mass is 9.99. The minimum absolute atomic E-state index is 0.0498. The first-order valence-electron chi connectivity index (χ1n) is 9.14. The molecule has 0 bridgehead atoms. The number of ketones is 1. The number of carbonyl (C=O) groups is 2. The average molecular weight is 335 g/mol. The van der Waals surface area contributed by atoms with Gasteiger partial charge in [-0.2, -0.15) is 0 Å². The fourth-order valence-electron chi connectivity index (χ4n) is 3.38. The van der Waals surface area contributed by atoms with E-state index in [1.54, 1.807) is 0 Å². The molecule has 25 heavy (non-hydrogen) atoms. The smallest absolute Gasteiger partial charge is 0.223 e. The average Bonchev–Trinajstić information content (AvgIpc) is 2.66. The summed E-state index contributed by atoms with van der Waals surface area (Å²) in [4.78, 5) is 26.7. The van der Waals surface area contributed by atoms with Crippen LogP contribution in [-0.2, 0) is 24.2 Å². The first kappa shape index (κ1) is 17.4. The summed E-state index contributed by atoms with van der Waals surface area (Å²) in [6.45, 7) is 3.55. The summed E-state index contributed by atoms with van der Waals surface area (Å²) in [6, 6.07) is 16.1. The van der Waals surface area contributed by atoms with E-state index in [2.05, 4.69) is 19.1 Å². The molecule has 0 aromatic heterocycles. The van der Waals surface area contributed by atoms with Gasteiger partial charge in [0.2, 0.25) is 5.91 Å². The van der Waals surface area contributed by atoms with Crippen molar-refractivity contribution in [2.75, 3.05) is 6.54 Å². The van der Waals surface area contributed by atoms with E-state index in [-0.39, 0.29) is 24.5 Å². The van der Waals surface area contributed by atoms with Gasteiger partial charge >= 0.3 is 0 Å². The van der Waals surface area contributed by atoms with E-state index >= 15 is 0 Å². The Balaban J connectivity index is 1.53. The molecule has 3 rings (SSSR count). The molecule has 0 saturated carbocycles. The predicted octanol–water partition coefficient (Wildman–Crippen LogP) is 4.19. The van der Waals surface area contributed by atoms with Crippen LogP contribution in [-0.4, -0.2) is 23.1 Å². The maximum Gasteiger partial charge on any atom is 0.223 e. The van der Waals surface area contributed by atoms with Gasteiger partial charge in [0.15, 0.2) is 5.78 Å². The van der Waals surface area contributed by atoms with Gasteiger partial charge in [0.25, 0.3) is 0 Å². The molecule has 0 aliphatic carbocycles. The second-order valence-electron chi connectivity index (χ2n) is 6.70. The van der Waals surface area contributed by atoms with E-state index in [0.717, 1.165) is 25.8 Å². The van der Waals surface area contributed by atoms with Crippen molar-refractivity contribution in [3.63, 3.8) is 0 Å². The number of benzene rings is 2. The van der Waals surface area contributed by atoms with Crippen molar-refractivity contribution in [2.24, 2.45) is 0 Å². The topological polar surface area (TPSA) is 37.4 Å². The highest BCUT2D eigenvalue weighted by Crippen LogP contribution is 2.19. The number of hydrogen-bond donors (Lipinski definition) is 0. The number of Topliss-reactive ketones (excluding diaryl/α,β-unsaturated/α-hetero) is 1. The highest BCUT2D eigenvalue weighted by molar-refractivity contribution is 5.98. The van der Waals surface area contributed by atoms with Crippen LogP contribution in [0.2, 0.25) is 0 Å². The molecule has 0 spiro atoms. The molecule has 1 aliphatic heterocycles. The minimum atomic E-state index is 0.0498. The highest BCUT2D eigenvalue weighted by Gasteiger charge is 2.20. The molecular formula is C22H25NO2. The van der Waals surface area contributed by atoms with Crippen molar-refractivity contribution in [2.45, 2.75) is 45.6 Å². The van der Waals surface area contributed by atoms with Crippen LogP contribution >= 0.6 is 0 Å². The fraction of sp³-hybridized carbons (Fsp3) is 0.364. The number of fused-ring (bicyclic) bond motifs is 1. The van der Waals surface area contributed by atoms with Crippen molar-refractivity contribution >= 4 is 11.7 Å². The summed E-state index contributed by atoms with van der Waals surface area (Å²) in [7, 11) is 0. The molecular weight excluding hydrogens is 310 g/mol. The molecule has 2 aromatic carbocycles. The van der Waals surface area contributed by atoms with E-state index < -0.39 is 0 Å². The normalized spacial score (nSPS) is 13.4. The van der Waals surface area contributed by atoms with Crippen LogP contribution in [0.5, 0.6) is 0 Å². The zero-order valence-corrected chi connectivity index (χ0v) is 14.8. The van der Waals surface area contributed by atoms with Crippen molar-refractivity contribution < 1.29 is 9.59 Å². The van der Waals surface area contributed by atoms with Crippen molar-refractivity contribution in [1.29, 1.82) is 0 Å². The number of nitrogens with zero attached hydrogens (tertiary/aromatic N) is 1. The third kappa shape index (κ3) is 4.36. The van der Waals surface area contributed by atoms with Crippen molar-refractivity contribution in [3.8, 4) is 0 Å². The molecule has 3 nitrogen and oxygen atoms in total. The number of aryl methyl sites for hydroxylation is 1. The van der Waals surface area contributed by atoms with Crippen LogP contribution in [0.15, 0.2) is 48.5 Å². The zero-order valence-electron chi connectivity index (χ0n) is 14.8. The van der Waals surface area contributed by atoms with E-state index in [9.17, 15) is 9.59 Å². The summed E-state index contributed by atoms with van der Waals surface area (Å²) in [5.41, 5.74) is 4.51. The molecule has 0 saturated heterocycles. The summed E-state index contributed by atoms with van der Waals surface area (Å²) in [5.74, 6) is 0.124. The largest absolute Gasteiger partial charge is 0.338 e. The van der Waals surface area contributed by atoms with E-state index in [4.69, 9.17) is 0 Å². The van der Waals surface area contributed by atoms with Crippen LogP contribution in [0.25, 0.3) is 0 Å². The van der Waals surface area contributed by atoms with Gasteiger partial charge in [0.05, 0.1) is 0 Å². The standard InChI is InChI=1S/C22H25NO2/c1-2-5-17-8-10-19(11-9-17)21(24)12-13-22(25)23-15-14-18-6-3-4-7-20(18)16-23/h3-4,6-11H,2,5,12-16H2,1H3. The predicted molar refractivity (Wildman–Crippen MR) is 99.6 cm³/mol. The Morgan fingerprint density at radius 3 is 2.40 bits per heavy atom. The van der Waals surface area contributed by atoms with Gasteiger partial charge < -0.3 is 4.90 Å². The quantitative estimate of drug-likeness (QED) is 0.742. The molecule has 130 valence electrons. The van der Waals surface area contributed by atoms with Crippen LogP contribution in [0.4, 0.5) is 0 Å². The van der Waals surface area contributed by atoms with E-state index in [1.807, 2.05) is 41.3 Å². The second-order valence-corrected chi connectivity index (χ2v) is 6.70. The molecule has 0 N–H and O–H groups in total. The molecule has 0 atom stereocenters. The Labute approximate surface area is 149 Å². The van der Waals surface area contributed by atoms with Gasteiger partial charge in [-0.15, -0.1) is 0 Å². The highest BCUT2D eigenvalue weighted by atomic mass is 16.2. The first-order valence-corrected chi connectivity index (χ1v) is 9.14. The van der Waals surface area contributed by atoms with Crippen LogP contribution < -0.4 is 0 Å². The monoisotopic (exact) mass is 335 g/mol. The van der Waals surface area contributed by atoms with Gasteiger partial charge in [0, 0.05) is 31.5 Å². The zero-order chi connectivity index (χ0) is 17.6. The molecule has 1 amide bonds. The van der Waals surface area contributed by atoms with Crippen LogP contribution in [0, 0.1) is 0 Å². The van der Waals surface area contributed by atoms with Gasteiger partial charge in [0.1, 0.15) is 0 Å². The first-order chi connectivity index (χ1) is 12.2. The molecule has 0 fully saturated rings. The van der Waals surface area contributed by atoms with Crippen LogP contribution in [0.1, 0.15) is 53.2 Å². The minimum Gasteiger partial charge on any atom is -0.338 e. The number of amides is 1. The van der Waals surface area contributed by atoms with Gasteiger partial charge in [-0.1, -0.05) is 61.9 Å². The van der Waals surface area contributed by atoms with Gasteiger partial charge in [-0.3, -0.25) is 9.59 Å². The Morgan fingerprint density at radius 1 is 0.960 bits per heavy atom. The molecule has 2 aromatic rings. The third-order valence-electron chi connectivity index (χ3n) is 4.86. The Hall–Kier alpha value is -2.42. The summed E-state index contributed by atoms with van der Waals surface area (Å²) in [6.07, 6.45) is 3.60. The Morgan fingerprint density at radius 2 is 1.68 bits per heavy atom. The van der Waals surface area contributed by atoms with Crippen molar-refractivity contribution in [1.82, 2.24) is 4.90 Å². The summed E-state index contributed by atoms with van der Waals surface area (Å²) >= 11 is 0. The Kier molecular flexibility index (Phi) is 5.64. The molecule has 0 radical (unpaired) electrons.